The van der Waals surface area contributed by atoms with Crippen LogP contribution in [0.2, 0.25) is 5.02 Å². The zero-order valence-corrected chi connectivity index (χ0v) is 10.3. The lowest BCUT2D eigenvalue weighted by atomic mass is 10.1. The second kappa shape index (κ2) is 5.38. The number of hydrogen-bond donors (Lipinski definition) is 2. The van der Waals surface area contributed by atoms with Crippen molar-refractivity contribution in [3.05, 3.63) is 28.8 Å². The van der Waals surface area contributed by atoms with Crippen molar-refractivity contribution in [1.29, 1.82) is 0 Å². The van der Waals surface area contributed by atoms with Crippen molar-refractivity contribution in [1.82, 2.24) is 5.32 Å². The van der Waals surface area contributed by atoms with Gasteiger partial charge in [0.1, 0.15) is 0 Å². The third-order valence-corrected chi connectivity index (χ3v) is 3.15. The molecule has 0 aromatic heterocycles. The second-order valence-electron chi connectivity index (χ2n) is 4.06. The first kappa shape index (κ1) is 12.2. The van der Waals surface area contributed by atoms with E-state index < -0.39 is 0 Å². The lowest BCUT2D eigenvalue weighted by molar-refractivity contribution is -0.120. The normalized spacial score (nSPS) is 16.6. The van der Waals surface area contributed by atoms with Crippen LogP contribution in [0.15, 0.2) is 18.2 Å². The Labute approximate surface area is 106 Å². The zero-order chi connectivity index (χ0) is 12.3. The molecular weight excluding hydrogens is 238 g/mol. The van der Waals surface area contributed by atoms with Crippen LogP contribution in [0.4, 0.5) is 5.69 Å². The van der Waals surface area contributed by atoms with Crippen LogP contribution in [0, 0.1) is 0 Å². The van der Waals surface area contributed by atoms with E-state index >= 15 is 0 Å². The maximum Gasteiger partial charge on any atom is 0.221 e. The minimum absolute atomic E-state index is 0.107. The van der Waals surface area contributed by atoms with E-state index in [1.165, 1.54) is 0 Å². The molecule has 0 aliphatic carbocycles. The van der Waals surface area contributed by atoms with Crippen LogP contribution in [-0.2, 0) is 11.3 Å². The van der Waals surface area contributed by atoms with E-state index in [0.29, 0.717) is 24.5 Å². The molecule has 0 radical (unpaired) electrons. The minimum Gasteiger partial charge on any atom is -0.369 e. The van der Waals surface area contributed by atoms with Gasteiger partial charge in [0.15, 0.2) is 0 Å². The Bertz CT molecular complexity index is 422. The summed E-state index contributed by atoms with van der Waals surface area (Å²) in [5, 5.41) is 3.55. The minimum atomic E-state index is 0.107. The smallest absolute Gasteiger partial charge is 0.221 e. The number of amides is 1. The first-order valence-corrected chi connectivity index (χ1v) is 6.08. The summed E-state index contributed by atoms with van der Waals surface area (Å²) in [6.07, 6.45) is 0.520. The maximum atomic E-state index is 11.3. The molecule has 1 amide bonds. The Morgan fingerprint density at radius 3 is 3.00 bits per heavy atom. The molecule has 1 aromatic carbocycles. The molecule has 5 heteroatoms. The molecule has 0 spiro atoms. The van der Waals surface area contributed by atoms with E-state index in [9.17, 15) is 4.79 Å². The van der Waals surface area contributed by atoms with E-state index in [4.69, 9.17) is 17.3 Å². The van der Waals surface area contributed by atoms with Gasteiger partial charge in [-0.05, 0) is 23.8 Å². The highest BCUT2D eigenvalue weighted by Gasteiger charge is 2.16. The summed E-state index contributed by atoms with van der Waals surface area (Å²) < 4.78 is 0. The monoisotopic (exact) mass is 253 g/mol. The third kappa shape index (κ3) is 2.90. The SMILES string of the molecule is NCc1cc(Cl)ccc1N1CCNC(=O)CC1. The van der Waals surface area contributed by atoms with Crippen LogP contribution in [-0.4, -0.2) is 25.5 Å². The Hall–Kier alpha value is -1.26. The van der Waals surface area contributed by atoms with Gasteiger partial charge in [-0.3, -0.25) is 4.79 Å². The molecule has 1 fully saturated rings. The number of nitrogens with two attached hydrogens (primary N) is 1. The van der Waals surface area contributed by atoms with Gasteiger partial charge in [0.2, 0.25) is 5.91 Å². The fraction of sp³-hybridized carbons (Fsp3) is 0.417. The van der Waals surface area contributed by atoms with Gasteiger partial charge in [-0.25, -0.2) is 0 Å². The van der Waals surface area contributed by atoms with Crippen molar-refractivity contribution in [2.45, 2.75) is 13.0 Å². The van der Waals surface area contributed by atoms with E-state index in [0.717, 1.165) is 24.3 Å². The molecule has 1 aromatic rings. The number of halogens is 1. The van der Waals surface area contributed by atoms with Crippen molar-refractivity contribution in [3.63, 3.8) is 0 Å². The first-order chi connectivity index (χ1) is 8.20. The molecule has 0 unspecified atom stereocenters. The molecule has 92 valence electrons. The molecule has 3 N–H and O–H groups in total. The van der Waals surface area contributed by atoms with Crippen molar-refractivity contribution in [2.75, 3.05) is 24.5 Å². The maximum absolute atomic E-state index is 11.3. The highest BCUT2D eigenvalue weighted by Crippen LogP contribution is 2.24. The Balaban J connectivity index is 2.23. The molecular formula is C12H16ClN3O. The zero-order valence-electron chi connectivity index (χ0n) is 9.58. The molecule has 4 nitrogen and oxygen atoms in total. The number of nitrogens with zero attached hydrogens (tertiary/aromatic N) is 1. The summed E-state index contributed by atoms with van der Waals surface area (Å²) in [6.45, 7) is 2.65. The molecule has 1 saturated heterocycles. The fourth-order valence-corrected chi connectivity index (χ4v) is 2.23. The highest BCUT2D eigenvalue weighted by atomic mass is 35.5. The predicted octanol–water partition coefficient (Wildman–Crippen LogP) is 1.12. The Kier molecular flexibility index (Phi) is 3.86. The van der Waals surface area contributed by atoms with Crippen LogP contribution in [0.5, 0.6) is 0 Å². The van der Waals surface area contributed by atoms with Crippen LogP contribution in [0.3, 0.4) is 0 Å². The van der Waals surface area contributed by atoms with Gasteiger partial charge in [0.25, 0.3) is 0 Å². The third-order valence-electron chi connectivity index (χ3n) is 2.91. The summed E-state index contributed by atoms with van der Waals surface area (Å²) >= 11 is 5.95. The molecule has 1 aliphatic rings. The number of carbonyl (C=O) groups is 1. The van der Waals surface area contributed by atoms with Gasteiger partial charge in [-0.15, -0.1) is 0 Å². The number of rotatable bonds is 2. The number of anilines is 1. The lowest BCUT2D eigenvalue weighted by Gasteiger charge is -2.24. The van der Waals surface area contributed by atoms with E-state index in [1.54, 1.807) is 0 Å². The quantitative estimate of drug-likeness (QED) is 0.831. The fourth-order valence-electron chi connectivity index (χ4n) is 2.03. The molecule has 1 aliphatic heterocycles. The number of carbonyl (C=O) groups excluding carboxylic acids is 1. The summed E-state index contributed by atoms with van der Waals surface area (Å²) in [7, 11) is 0. The average molecular weight is 254 g/mol. The van der Waals surface area contributed by atoms with Crippen molar-refractivity contribution >= 4 is 23.2 Å². The second-order valence-corrected chi connectivity index (χ2v) is 4.50. The molecule has 2 rings (SSSR count). The topological polar surface area (TPSA) is 58.4 Å². The van der Waals surface area contributed by atoms with Gasteiger partial charge < -0.3 is 16.0 Å². The Morgan fingerprint density at radius 2 is 2.24 bits per heavy atom. The number of hydrogen-bond acceptors (Lipinski definition) is 3. The summed E-state index contributed by atoms with van der Waals surface area (Å²) in [5.74, 6) is 0.107. The summed E-state index contributed by atoms with van der Waals surface area (Å²) in [6, 6.07) is 5.72. The number of benzene rings is 1. The van der Waals surface area contributed by atoms with E-state index in [2.05, 4.69) is 10.2 Å². The van der Waals surface area contributed by atoms with E-state index in [1.807, 2.05) is 18.2 Å². The largest absolute Gasteiger partial charge is 0.369 e. The van der Waals surface area contributed by atoms with Crippen LogP contribution in [0.25, 0.3) is 0 Å². The van der Waals surface area contributed by atoms with Crippen LogP contribution < -0.4 is 16.0 Å². The number of nitrogens with one attached hydrogen (secondary N) is 1. The highest BCUT2D eigenvalue weighted by molar-refractivity contribution is 6.30. The lowest BCUT2D eigenvalue weighted by Crippen LogP contribution is -2.29. The van der Waals surface area contributed by atoms with E-state index in [-0.39, 0.29) is 5.91 Å². The van der Waals surface area contributed by atoms with Crippen molar-refractivity contribution in [2.24, 2.45) is 5.73 Å². The first-order valence-electron chi connectivity index (χ1n) is 5.71. The molecule has 0 atom stereocenters. The predicted molar refractivity (Wildman–Crippen MR) is 69.2 cm³/mol. The van der Waals surface area contributed by atoms with Gasteiger partial charge >= 0.3 is 0 Å². The molecule has 0 saturated carbocycles. The van der Waals surface area contributed by atoms with Crippen LogP contribution in [0.1, 0.15) is 12.0 Å². The van der Waals surface area contributed by atoms with Gasteiger partial charge in [0, 0.05) is 43.3 Å². The van der Waals surface area contributed by atoms with Crippen molar-refractivity contribution < 1.29 is 4.79 Å². The van der Waals surface area contributed by atoms with Crippen molar-refractivity contribution in [3.8, 4) is 0 Å². The molecule has 17 heavy (non-hydrogen) atoms. The van der Waals surface area contributed by atoms with Gasteiger partial charge in [-0.2, -0.15) is 0 Å². The Morgan fingerprint density at radius 1 is 1.41 bits per heavy atom. The summed E-state index contributed by atoms with van der Waals surface area (Å²) in [4.78, 5) is 13.5. The molecule has 0 bridgehead atoms. The summed E-state index contributed by atoms with van der Waals surface area (Å²) in [5.41, 5.74) is 7.82. The van der Waals surface area contributed by atoms with Gasteiger partial charge in [0.05, 0.1) is 0 Å². The molecule has 1 heterocycles. The average Bonchev–Trinajstić information content (AvgIpc) is 2.54. The van der Waals surface area contributed by atoms with Gasteiger partial charge in [-0.1, -0.05) is 11.6 Å². The van der Waals surface area contributed by atoms with Crippen LogP contribution >= 0.6 is 11.6 Å². The standard InChI is InChI=1S/C12H16ClN3O/c13-10-1-2-11(9(7-10)8-14)16-5-3-12(17)15-4-6-16/h1-2,7H,3-6,8,14H2,(H,15,17).